The highest BCUT2D eigenvalue weighted by molar-refractivity contribution is 7.13. The fourth-order valence-electron chi connectivity index (χ4n) is 2.37. The molecule has 0 atom stereocenters. The number of hydrogen-bond donors (Lipinski definition) is 1. The summed E-state index contributed by atoms with van der Waals surface area (Å²) in [4.78, 5) is 18.9. The normalized spacial score (nSPS) is 15.4. The number of benzene rings is 1. The number of hydrogen-bond acceptors (Lipinski definition) is 4. The molecule has 1 aromatic carbocycles. The van der Waals surface area contributed by atoms with Gasteiger partial charge in [0.15, 0.2) is 5.13 Å². The Morgan fingerprint density at radius 3 is 2.75 bits per heavy atom. The van der Waals surface area contributed by atoms with E-state index >= 15 is 0 Å². The maximum atomic E-state index is 12.0. The lowest BCUT2D eigenvalue weighted by molar-refractivity contribution is 0.102. The average molecular weight is 287 g/mol. The van der Waals surface area contributed by atoms with Crippen LogP contribution in [-0.2, 0) is 6.54 Å². The number of carbonyl (C=O) groups excluding carboxylic acids is 1. The van der Waals surface area contributed by atoms with Crippen LogP contribution in [0.2, 0.25) is 0 Å². The zero-order chi connectivity index (χ0) is 13.8. The molecule has 1 N–H and O–H groups in total. The number of aromatic nitrogens is 1. The van der Waals surface area contributed by atoms with Crippen molar-refractivity contribution < 1.29 is 4.79 Å². The van der Waals surface area contributed by atoms with Gasteiger partial charge < -0.3 is 0 Å². The second-order valence-electron chi connectivity index (χ2n) is 4.95. The molecule has 2 heterocycles. The number of nitrogens with one attached hydrogen (secondary N) is 1. The van der Waals surface area contributed by atoms with Crippen LogP contribution in [0, 0.1) is 0 Å². The van der Waals surface area contributed by atoms with Gasteiger partial charge in [0.1, 0.15) is 0 Å². The van der Waals surface area contributed by atoms with E-state index in [9.17, 15) is 4.79 Å². The number of likely N-dealkylation sites (tertiary alicyclic amines) is 1. The smallest absolute Gasteiger partial charge is 0.257 e. The number of carbonyl (C=O) groups is 1. The number of nitrogens with zero attached hydrogens (tertiary/aromatic N) is 2. The average Bonchev–Trinajstić information content (AvgIpc) is 3.12. The van der Waals surface area contributed by atoms with Crippen LogP contribution >= 0.6 is 11.3 Å². The number of rotatable bonds is 4. The molecule has 0 saturated carbocycles. The molecule has 0 aliphatic carbocycles. The van der Waals surface area contributed by atoms with Gasteiger partial charge >= 0.3 is 0 Å². The minimum Gasteiger partial charge on any atom is -0.298 e. The van der Waals surface area contributed by atoms with Crippen molar-refractivity contribution in [2.45, 2.75) is 19.4 Å². The minimum absolute atomic E-state index is 0.104. The minimum atomic E-state index is -0.104. The fourth-order valence-corrected chi connectivity index (χ4v) is 3.06. The summed E-state index contributed by atoms with van der Waals surface area (Å²) in [5.41, 5.74) is 1.70. The zero-order valence-electron chi connectivity index (χ0n) is 11.2. The van der Waals surface area contributed by atoms with Crippen LogP contribution in [0.5, 0.6) is 0 Å². The van der Waals surface area contributed by atoms with E-state index < -0.39 is 0 Å². The van der Waals surface area contributed by atoms with E-state index in [1.54, 1.807) is 12.1 Å². The second kappa shape index (κ2) is 6.15. The van der Waals surface area contributed by atoms with Crippen molar-refractivity contribution >= 4 is 22.4 Å². The van der Waals surface area contributed by atoms with Crippen LogP contribution in [0.1, 0.15) is 28.9 Å². The molecule has 4 nitrogen and oxygen atoms in total. The van der Waals surface area contributed by atoms with Gasteiger partial charge in [-0.1, -0.05) is 18.2 Å². The third-order valence-electron chi connectivity index (χ3n) is 3.39. The fraction of sp³-hybridized carbons (Fsp3) is 0.333. The highest BCUT2D eigenvalue weighted by atomic mass is 32.1. The number of anilines is 1. The van der Waals surface area contributed by atoms with Crippen molar-refractivity contribution in [2.75, 3.05) is 18.4 Å². The van der Waals surface area contributed by atoms with Crippen molar-refractivity contribution in [2.24, 2.45) is 0 Å². The SMILES string of the molecule is O=C(Nc1nc(CN2CCCC2)cs1)c1ccccc1. The number of thiazole rings is 1. The van der Waals surface area contributed by atoms with Crippen molar-refractivity contribution in [3.8, 4) is 0 Å². The first-order valence-electron chi connectivity index (χ1n) is 6.84. The third-order valence-corrected chi connectivity index (χ3v) is 4.20. The Morgan fingerprint density at radius 2 is 2.00 bits per heavy atom. The summed E-state index contributed by atoms with van der Waals surface area (Å²) in [6.07, 6.45) is 2.56. The maximum absolute atomic E-state index is 12.0. The highest BCUT2D eigenvalue weighted by Crippen LogP contribution is 2.19. The molecule has 0 unspecified atom stereocenters. The van der Waals surface area contributed by atoms with E-state index in [4.69, 9.17) is 0 Å². The zero-order valence-corrected chi connectivity index (χ0v) is 12.0. The van der Waals surface area contributed by atoms with Gasteiger partial charge in [-0.3, -0.25) is 15.0 Å². The maximum Gasteiger partial charge on any atom is 0.257 e. The van der Waals surface area contributed by atoms with E-state index in [1.807, 2.05) is 23.6 Å². The van der Waals surface area contributed by atoms with Gasteiger partial charge in [0, 0.05) is 17.5 Å². The molecular weight excluding hydrogens is 270 g/mol. The summed E-state index contributed by atoms with van der Waals surface area (Å²) in [6.45, 7) is 3.20. The van der Waals surface area contributed by atoms with E-state index in [0.29, 0.717) is 10.7 Å². The lowest BCUT2D eigenvalue weighted by Crippen LogP contribution is -2.18. The molecule has 1 amide bonds. The first kappa shape index (κ1) is 13.3. The molecule has 3 rings (SSSR count). The Balaban J connectivity index is 1.60. The molecule has 1 aliphatic heterocycles. The third kappa shape index (κ3) is 3.23. The topological polar surface area (TPSA) is 45.2 Å². The molecule has 1 aliphatic rings. The second-order valence-corrected chi connectivity index (χ2v) is 5.81. The van der Waals surface area contributed by atoms with Gasteiger partial charge in [0.2, 0.25) is 0 Å². The lowest BCUT2D eigenvalue weighted by Gasteiger charge is -2.11. The van der Waals surface area contributed by atoms with Gasteiger partial charge in [-0.05, 0) is 38.1 Å². The summed E-state index contributed by atoms with van der Waals surface area (Å²) in [5, 5.41) is 5.55. The van der Waals surface area contributed by atoms with Crippen molar-refractivity contribution in [1.29, 1.82) is 0 Å². The first-order chi connectivity index (χ1) is 9.81. The van der Waals surface area contributed by atoms with Crippen LogP contribution in [0.25, 0.3) is 0 Å². The molecule has 1 fully saturated rings. The molecule has 1 aromatic heterocycles. The Bertz CT molecular complexity index is 576. The van der Waals surface area contributed by atoms with Crippen LogP contribution in [-0.4, -0.2) is 28.9 Å². The van der Waals surface area contributed by atoms with Crippen molar-refractivity contribution in [1.82, 2.24) is 9.88 Å². The van der Waals surface area contributed by atoms with E-state index in [2.05, 4.69) is 15.2 Å². The molecule has 2 aromatic rings. The highest BCUT2D eigenvalue weighted by Gasteiger charge is 2.14. The summed E-state index contributed by atoms with van der Waals surface area (Å²) in [6, 6.07) is 9.21. The van der Waals surface area contributed by atoms with Gasteiger partial charge in [-0.25, -0.2) is 4.98 Å². The lowest BCUT2D eigenvalue weighted by atomic mass is 10.2. The Hall–Kier alpha value is -1.72. The van der Waals surface area contributed by atoms with Crippen molar-refractivity contribution in [3.05, 3.63) is 47.0 Å². The first-order valence-corrected chi connectivity index (χ1v) is 7.72. The summed E-state index contributed by atoms with van der Waals surface area (Å²) in [5.74, 6) is -0.104. The predicted molar refractivity (Wildman–Crippen MR) is 81.0 cm³/mol. The monoisotopic (exact) mass is 287 g/mol. The summed E-state index contributed by atoms with van der Waals surface area (Å²) < 4.78 is 0. The summed E-state index contributed by atoms with van der Waals surface area (Å²) >= 11 is 1.49. The van der Waals surface area contributed by atoms with Gasteiger partial charge in [0.25, 0.3) is 5.91 Å². The standard InChI is InChI=1S/C15H17N3OS/c19-14(12-6-2-1-3-7-12)17-15-16-13(11-20-15)10-18-8-4-5-9-18/h1-3,6-7,11H,4-5,8-10H2,(H,16,17,19). The Morgan fingerprint density at radius 1 is 1.25 bits per heavy atom. The molecule has 1 saturated heterocycles. The molecule has 104 valence electrons. The van der Waals surface area contributed by atoms with E-state index in [0.717, 1.165) is 25.3 Å². The molecule has 0 bridgehead atoms. The molecule has 5 heteroatoms. The van der Waals surface area contributed by atoms with Crippen LogP contribution < -0.4 is 5.32 Å². The molecule has 0 spiro atoms. The van der Waals surface area contributed by atoms with Gasteiger partial charge in [-0.2, -0.15) is 0 Å². The van der Waals surface area contributed by atoms with E-state index in [1.165, 1.54) is 24.2 Å². The predicted octanol–water partition coefficient (Wildman–Crippen LogP) is 2.99. The molecule has 20 heavy (non-hydrogen) atoms. The Labute approximate surface area is 122 Å². The van der Waals surface area contributed by atoms with Crippen LogP contribution in [0.15, 0.2) is 35.7 Å². The van der Waals surface area contributed by atoms with Crippen molar-refractivity contribution in [3.63, 3.8) is 0 Å². The van der Waals surface area contributed by atoms with Gasteiger partial charge in [-0.15, -0.1) is 11.3 Å². The van der Waals surface area contributed by atoms with Gasteiger partial charge in [0.05, 0.1) is 5.69 Å². The van der Waals surface area contributed by atoms with Crippen LogP contribution in [0.4, 0.5) is 5.13 Å². The largest absolute Gasteiger partial charge is 0.298 e. The molecule has 0 radical (unpaired) electrons. The van der Waals surface area contributed by atoms with E-state index in [-0.39, 0.29) is 5.91 Å². The summed E-state index contributed by atoms with van der Waals surface area (Å²) in [7, 11) is 0. The van der Waals surface area contributed by atoms with Crippen LogP contribution in [0.3, 0.4) is 0 Å². The Kier molecular flexibility index (Phi) is 4.08. The number of amides is 1. The quantitative estimate of drug-likeness (QED) is 0.940. The molecular formula is C15H17N3OS.